The van der Waals surface area contributed by atoms with Crippen LogP contribution in [0.25, 0.3) is 0 Å². The summed E-state index contributed by atoms with van der Waals surface area (Å²) in [6.45, 7) is 3.57. The zero-order valence-corrected chi connectivity index (χ0v) is 14.2. The Hall–Kier alpha value is 0.1000. The molecular weight excluding hydrogens is 368 g/mol. The van der Waals surface area contributed by atoms with E-state index in [-0.39, 0.29) is 0 Å². The van der Waals surface area contributed by atoms with Crippen LogP contribution in [0.2, 0.25) is 0 Å². The van der Waals surface area contributed by atoms with E-state index in [9.17, 15) is 0 Å². The van der Waals surface area contributed by atoms with Gasteiger partial charge in [0, 0.05) is 34.1 Å². The largest absolute Gasteiger partial charge is 0.308 e. The van der Waals surface area contributed by atoms with Crippen LogP contribution in [0.15, 0.2) is 27.1 Å². The lowest BCUT2D eigenvalue weighted by Crippen LogP contribution is -2.44. The predicted molar refractivity (Wildman–Crippen MR) is 86.3 cm³/mol. The molecule has 2 unspecified atom stereocenters. The second kappa shape index (κ2) is 6.25. The van der Waals surface area contributed by atoms with Crippen LogP contribution in [-0.4, -0.2) is 30.1 Å². The molecule has 1 aromatic rings. The van der Waals surface area contributed by atoms with Crippen molar-refractivity contribution < 1.29 is 0 Å². The fourth-order valence-corrected chi connectivity index (χ4v) is 4.06. The van der Waals surface area contributed by atoms with Gasteiger partial charge in [0.15, 0.2) is 0 Å². The molecule has 2 atom stereocenters. The molecule has 0 bridgehead atoms. The van der Waals surface area contributed by atoms with E-state index < -0.39 is 0 Å². The minimum Gasteiger partial charge on any atom is -0.308 e. The third-order valence-electron chi connectivity index (χ3n) is 4.41. The Bertz CT molecular complexity index is 450. The second-order valence-electron chi connectivity index (χ2n) is 5.62. The molecule has 0 radical (unpaired) electrons. The maximum absolute atomic E-state index is 3.77. The quantitative estimate of drug-likeness (QED) is 0.845. The van der Waals surface area contributed by atoms with Gasteiger partial charge in [-0.15, -0.1) is 0 Å². The number of nitrogens with zero attached hydrogens (tertiary/aromatic N) is 1. The van der Waals surface area contributed by atoms with E-state index >= 15 is 0 Å². The summed E-state index contributed by atoms with van der Waals surface area (Å²) in [5.41, 5.74) is 1.35. The van der Waals surface area contributed by atoms with Crippen LogP contribution in [0.3, 0.4) is 0 Å². The van der Waals surface area contributed by atoms with E-state index in [0.29, 0.717) is 6.04 Å². The number of hydrogen-bond acceptors (Lipinski definition) is 2. The van der Waals surface area contributed by atoms with Crippen LogP contribution in [-0.2, 0) is 6.54 Å². The Morgan fingerprint density at radius 3 is 2.84 bits per heavy atom. The smallest absolute Gasteiger partial charge is 0.0320 e. The number of halogens is 2. The topological polar surface area (TPSA) is 15.3 Å². The van der Waals surface area contributed by atoms with Gasteiger partial charge >= 0.3 is 0 Å². The second-order valence-corrected chi connectivity index (χ2v) is 7.33. The SMILES string of the molecule is Brc1ccc(CNC2CCN3CCCCC23)cc1Br. The fraction of sp³-hybridized carbons (Fsp3) is 0.600. The van der Waals surface area contributed by atoms with Crippen molar-refractivity contribution in [3.05, 3.63) is 32.7 Å². The summed E-state index contributed by atoms with van der Waals surface area (Å²) in [6, 6.07) is 7.97. The Labute approximate surface area is 132 Å². The van der Waals surface area contributed by atoms with Gasteiger partial charge in [-0.1, -0.05) is 12.5 Å². The first-order valence-corrected chi connectivity index (χ1v) is 8.74. The first-order valence-electron chi connectivity index (χ1n) is 7.15. The number of rotatable bonds is 3. The molecule has 0 saturated carbocycles. The van der Waals surface area contributed by atoms with Gasteiger partial charge in [-0.05, 0) is 75.4 Å². The molecule has 2 fully saturated rings. The first kappa shape index (κ1) is 14.1. The molecule has 4 heteroatoms. The van der Waals surface area contributed by atoms with Gasteiger partial charge in [0.1, 0.15) is 0 Å². The molecule has 3 rings (SSSR count). The molecule has 104 valence electrons. The lowest BCUT2D eigenvalue weighted by Gasteiger charge is -2.32. The molecule has 2 nitrogen and oxygen atoms in total. The van der Waals surface area contributed by atoms with Crippen LogP contribution in [0.4, 0.5) is 0 Å². The summed E-state index contributed by atoms with van der Waals surface area (Å²) < 4.78 is 2.26. The molecule has 0 spiro atoms. The van der Waals surface area contributed by atoms with Gasteiger partial charge in [0.25, 0.3) is 0 Å². The molecule has 1 aromatic carbocycles. The molecule has 2 saturated heterocycles. The molecule has 1 N–H and O–H groups in total. The van der Waals surface area contributed by atoms with Crippen molar-refractivity contribution in [2.24, 2.45) is 0 Å². The normalized spacial score (nSPS) is 27.5. The van der Waals surface area contributed by atoms with Crippen molar-refractivity contribution in [1.29, 1.82) is 0 Å². The number of benzene rings is 1. The Balaban J connectivity index is 1.58. The maximum atomic E-state index is 3.77. The van der Waals surface area contributed by atoms with E-state index in [4.69, 9.17) is 0 Å². The summed E-state index contributed by atoms with van der Waals surface area (Å²) in [7, 11) is 0. The van der Waals surface area contributed by atoms with Crippen molar-refractivity contribution in [3.8, 4) is 0 Å². The van der Waals surface area contributed by atoms with E-state index in [0.717, 1.165) is 21.5 Å². The molecular formula is C15H20Br2N2. The molecule has 0 amide bonds. The van der Waals surface area contributed by atoms with E-state index in [2.05, 4.69) is 60.3 Å². The minimum absolute atomic E-state index is 0.683. The van der Waals surface area contributed by atoms with Gasteiger partial charge in [-0.3, -0.25) is 4.90 Å². The Kier molecular flexibility index (Phi) is 4.62. The maximum Gasteiger partial charge on any atom is 0.0320 e. The van der Waals surface area contributed by atoms with E-state index in [1.54, 1.807) is 0 Å². The highest BCUT2D eigenvalue weighted by molar-refractivity contribution is 9.13. The Morgan fingerprint density at radius 2 is 2.00 bits per heavy atom. The van der Waals surface area contributed by atoms with E-state index in [1.165, 1.54) is 44.3 Å². The van der Waals surface area contributed by atoms with Gasteiger partial charge < -0.3 is 5.32 Å². The lowest BCUT2D eigenvalue weighted by molar-refractivity contribution is 0.180. The molecule has 0 aromatic heterocycles. The van der Waals surface area contributed by atoms with Crippen LogP contribution >= 0.6 is 31.9 Å². The van der Waals surface area contributed by atoms with E-state index in [1.807, 2.05) is 0 Å². The van der Waals surface area contributed by atoms with Crippen molar-refractivity contribution in [2.45, 2.75) is 44.3 Å². The highest BCUT2D eigenvalue weighted by atomic mass is 79.9. The monoisotopic (exact) mass is 386 g/mol. The summed E-state index contributed by atoms with van der Waals surface area (Å²) in [5.74, 6) is 0. The molecule has 19 heavy (non-hydrogen) atoms. The van der Waals surface area contributed by atoms with Crippen molar-refractivity contribution >= 4 is 31.9 Å². The van der Waals surface area contributed by atoms with Crippen LogP contribution in [0.1, 0.15) is 31.2 Å². The predicted octanol–water partition coefficient (Wildman–Crippen LogP) is 3.93. The lowest BCUT2D eigenvalue weighted by atomic mass is 9.99. The third kappa shape index (κ3) is 3.23. The summed E-state index contributed by atoms with van der Waals surface area (Å²) in [6.07, 6.45) is 5.48. The standard InChI is InChI=1S/C15H20Br2N2/c16-12-5-4-11(9-13(12)17)10-18-14-6-8-19-7-2-1-3-15(14)19/h4-5,9,14-15,18H,1-3,6-8,10H2. The van der Waals surface area contributed by atoms with Gasteiger partial charge in [-0.25, -0.2) is 0 Å². The summed E-state index contributed by atoms with van der Waals surface area (Å²) >= 11 is 7.09. The fourth-order valence-electron chi connectivity index (χ4n) is 3.38. The summed E-state index contributed by atoms with van der Waals surface area (Å²) in [4.78, 5) is 2.68. The molecule has 2 heterocycles. The number of fused-ring (bicyclic) bond motifs is 1. The average molecular weight is 388 g/mol. The molecule has 2 aliphatic rings. The van der Waals surface area contributed by atoms with Crippen LogP contribution in [0.5, 0.6) is 0 Å². The molecule has 0 aliphatic carbocycles. The number of piperidine rings is 1. The van der Waals surface area contributed by atoms with Crippen LogP contribution in [0, 0.1) is 0 Å². The van der Waals surface area contributed by atoms with Gasteiger partial charge in [0.05, 0.1) is 0 Å². The zero-order chi connectivity index (χ0) is 13.2. The molecule has 2 aliphatic heterocycles. The van der Waals surface area contributed by atoms with Crippen molar-refractivity contribution in [1.82, 2.24) is 10.2 Å². The number of nitrogens with one attached hydrogen (secondary N) is 1. The van der Waals surface area contributed by atoms with Gasteiger partial charge in [-0.2, -0.15) is 0 Å². The summed E-state index contributed by atoms with van der Waals surface area (Å²) in [5, 5.41) is 3.77. The van der Waals surface area contributed by atoms with Gasteiger partial charge in [0.2, 0.25) is 0 Å². The average Bonchev–Trinajstić information content (AvgIpc) is 2.83. The zero-order valence-electron chi connectivity index (χ0n) is 11.0. The Morgan fingerprint density at radius 1 is 1.11 bits per heavy atom. The van der Waals surface area contributed by atoms with Crippen LogP contribution < -0.4 is 5.32 Å². The highest BCUT2D eigenvalue weighted by Crippen LogP contribution is 2.28. The van der Waals surface area contributed by atoms with Crippen molar-refractivity contribution in [2.75, 3.05) is 13.1 Å². The highest BCUT2D eigenvalue weighted by Gasteiger charge is 2.34. The first-order chi connectivity index (χ1) is 9.24. The third-order valence-corrected chi connectivity index (χ3v) is 6.29. The van der Waals surface area contributed by atoms with Crippen molar-refractivity contribution in [3.63, 3.8) is 0 Å². The minimum atomic E-state index is 0.683. The number of hydrogen-bond donors (Lipinski definition) is 1.